The molecule has 82 valence electrons. The molecule has 0 saturated carbocycles. The number of H-pyrrole nitrogens is 1. The maximum Gasteiger partial charge on any atom is 0.125 e. The second-order valence-corrected chi connectivity index (χ2v) is 4.52. The van der Waals surface area contributed by atoms with Crippen molar-refractivity contribution in [1.82, 2.24) is 19.8 Å². The predicted molar refractivity (Wildman–Crippen MR) is 62.3 cm³/mol. The summed E-state index contributed by atoms with van der Waals surface area (Å²) in [6, 6.07) is 2.14. The Kier molecular flexibility index (Phi) is 3.14. The van der Waals surface area contributed by atoms with E-state index in [4.69, 9.17) is 12.2 Å². The van der Waals surface area contributed by atoms with Gasteiger partial charge in [-0.05, 0) is 20.2 Å². The summed E-state index contributed by atoms with van der Waals surface area (Å²) < 4.78 is 0.752. The number of aromatic amines is 1. The van der Waals surface area contributed by atoms with Crippen molar-refractivity contribution in [2.45, 2.75) is 6.04 Å². The normalized spacial score (nSPS) is 24.3. The molecule has 0 aliphatic carbocycles. The van der Waals surface area contributed by atoms with E-state index in [-0.39, 0.29) is 0 Å². The lowest BCUT2D eigenvalue weighted by atomic mass is 10.2. The van der Waals surface area contributed by atoms with Crippen molar-refractivity contribution >= 4 is 12.2 Å². The molecule has 2 heterocycles. The molecule has 0 bridgehead atoms. The highest BCUT2D eigenvalue weighted by molar-refractivity contribution is 7.71. The van der Waals surface area contributed by atoms with Crippen LogP contribution in [0.2, 0.25) is 0 Å². The third-order valence-electron chi connectivity index (χ3n) is 2.86. The summed E-state index contributed by atoms with van der Waals surface area (Å²) in [6.45, 7) is 3.18. The van der Waals surface area contributed by atoms with E-state index in [9.17, 15) is 0 Å². The van der Waals surface area contributed by atoms with Gasteiger partial charge in [0, 0.05) is 25.8 Å². The highest BCUT2D eigenvalue weighted by Crippen LogP contribution is 2.19. The van der Waals surface area contributed by atoms with Crippen molar-refractivity contribution in [3.8, 4) is 0 Å². The minimum atomic E-state index is 0.326. The third kappa shape index (κ3) is 2.42. The molecule has 4 nitrogen and oxygen atoms in total. The Morgan fingerprint density at radius 3 is 3.00 bits per heavy atom. The number of aromatic nitrogens is 2. The first kappa shape index (κ1) is 10.7. The maximum absolute atomic E-state index is 5.11. The first-order valence-electron chi connectivity index (χ1n) is 5.11. The Bertz CT molecular complexity index is 389. The van der Waals surface area contributed by atoms with Crippen molar-refractivity contribution in [3.63, 3.8) is 0 Å². The highest BCUT2D eigenvalue weighted by atomic mass is 32.1. The monoisotopic (exact) mass is 224 g/mol. The second-order valence-electron chi connectivity index (χ2n) is 4.08. The minimum Gasteiger partial charge on any atom is -0.333 e. The Morgan fingerprint density at radius 1 is 1.47 bits per heavy atom. The number of likely N-dealkylation sites (N-methyl/N-ethyl adjacent to an activating group) is 2. The van der Waals surface area contributed by atoms with E-state index in [1.54, 1.807) is 6.20 Å². The van der Waals surface area contributed by atoms with Gasteiger partial charge in [0.15, 0.2) is 0 Å². The number of nitrogens with one attached hydrogen (secondary N) is 1. The Hall–Kier alpha value is -0.780. The fraction of sp³-hybridized carbons (Fsp3) is 0.600. The summed E-state index contributed by atoms with van der Waals surface area (Å²) in [5.74, 6) is 0.969. The van der Waals surface area contributed by atoms with Crippen LogP contribution in [0.3, 0.4) is 0 Å². The molecule has 1 fully saturated rings. The van der Waals surface area contributed by atoms with Crippen molar-refractivity contribution < 1.29 is 0 Å². The summed E-state index contributed by atoms with van der Waals surface area (Å²) in [5, 5.41) is 0. The number of hydrogen-bond donors (Lipinski definition) is 1. The number of nitrogens with zero attached hydrogens (tertiary/aromatic N) is 3. The lowest BCUT2D eigenvalue weighted by molar-refractivity contribution is 0.109. The maximum atomic E-state index is 5.11. The van der Waals surface area contributed by atoms with Gasteiger partial charge in [-0.2, -0.15) is 0 Å². The van der Waals surface area contributed by atoms with Gasteiger partial charge in [-0.1, -0.05) is 12.2 Å². The molecule has 1 saturated heterocycles. The molecule has 2 rings (SSSR count). The molecule has 5 heteroatoms. The van der Waals surface area contributed by atoms with Gasteiger partial charge in [0.1, 0.15) is 10.5 Å². The lowest BCUT2D eigenvalue weighted by Crippen LogP contribution is -2.45. The van der Waals surface area contributed by atoms with Crippen molar-refractivity contribution in [2.24, 2.45) is 0 Å². The quantitative estimate of drug-likeness (QED) is 0.723. The van der Waals surface area contributed by atoms with Gasteiger partial charge >= 0.3 is 0 Å². The van der Waals surface area contributed by atoms with Gasteiger partial charge in [0.25, 0.3) is 0 Å². The van der Waals surface area contributed by atoms with Crippen LogP contribution in [0.4, 0.5) is 0 Å². The Labute approximate surface area is 94.9 Å². The zero-order valence-corrected chi connectivity index (χ0v) is 9.92. The Balaban J connectivity index is 2.25. The summed E-state index contributed by atoms with van der Waals surface area (Å²) in [6.07, 6.45) is 1.77. The predicted octanol–water partition coefficient (Wildman–Crippen LogP) is 1.06. The SMILES string of the molecule is CN1CCN(C)C(c2nccc(=S)[nH]2)C1. The van der Waals surface area contributed by atoms with E-state index in [0.717, 1.165) is 30.1 Å². The fourth-order valence-electron chi connectivity index (χ4n) is 1.86. The summed E-state index contributed by atoms with van der Waals surface area (Å²) in [7, 11) is 4.26. The largest absolute Gasteiger partial charge is 0.333 e. The molecule has 0 radical (unpaired) electrons. The Morgan fingerprint density at radius 2 is 2.27 bits per heavy atom. The standard InChI is InChI=1S/C10H16N4S/c1-13-5-6-14(2)8(7-13)10-11-4-3-9(15)12-10/h3-4,8H,5-7H2,1-2H3,(H,11,12,15). The van der Waals surface area contributed by atoms with Crippen LogP contribution in [0.5, 0.6) is 0 Å². The third-order valence-corrected chi connectivity index (χ3v) is 3.10. The van der Waals surface area contributed by atoms with Crippen molar-refractivity contribution in [1.29, 1.82) is 0 Å². The molecule has 0 aromatic carbocycles. The van der Waals surface area contributed by atoms with E-state index in [1.807, 2.05) is 6.07 Å². The number of rotatable bonds is 1. The average molecular weight is 224 g/mol. The smallest absolute Gasteiger partial charge is 0.125 e. The van der Waals surface area contributed by atoms with Gasteiger partial charge in [0.2, 0.25) is 0 Å². The van der Waals surface area contributed by atoms with Gasteiger partial charge in [0.05, 0.1) is 6.04 Å². The van der Waals surface area contributed by atoms with E-state index in [1.165, 1.54) is 0 Å². The molecule has 0 spiro atoms. The first-order chi connectivity index (χ1) is 7.16. The number of piperazine rings is 1. The lowest BCUT2D eigenvalue weighted by Gasteiger charge is -2.36. The zero-order valence-electron chi connectivity index (χ0n) is 9.10. The van der Waals surface area contributed by atoms with Crippen molar-refractivity contribution in [3.05, 3.63) is 22.7 Å². The van der Waals surface area contributed by atoms with E-state index in [0.29, 0.717) is 6.04 Å². The molecule has 1 aliphatic rings. The van der Waals surface area contributed by atoms with Gasteiger partial charge in [-0.3, -0.25) is 4.90 Å². The van der Waals surface area contributed by atoms with Crippen LogP contribution in [-0.4, -0.2) is 53.5 Å². The summed E-state index contributed by atoms with van der Waals surface area (Å²) in [5.41, 5.74) is 0. The van der Waals surface area contributed by atoms with Gasteiger partial charge < -0.3 is 9.88 Å². The van der Waals surface area contributed by atoms with Gasteiger partial charge in [-0.15, -0.1) is 0 Å². The summed E-state index contributed by atoms with van der Waals surface area (Å²) in [4.78, 5) is 12.1. The van der Waals surface area contributed by atoms with Crippen molar-refractivity contribution in [2.75, 3.05) is 33.7 Å². The second kappa shape index (κ2) is 4.38. The number of hydrogen-bond acceptors (Lipinski definition) is 4. The van der Waals surface area contributed by atoms with Crippen LogP contribution < -0.4 is 0 Å². The molecule has 0 amide bonds. The zero-order chi connectivity index (χ0) is 10.8. The molecule has 15 heavy (non-hydrogen) atoms. The van der Waals surface area contributed by atoms with Gasteiger partial charge in [-0.25, -0.2) is 4.98 Å². The minimum absolute atomic E-state index is 0.326. The molecule has 1 aromatic heterocycles. The van der Waals surface area contributed by atoms with E-state index in [2.05, 4.69) is 33.9 Å². The molecule has 1 aliphatic heterocycles. The molecule has 1 aromatic rings. The van der Waals surface area contributed by atoms with Crippen LogP contribution >= 0.6 is 12.2 Å². The molecule has 1 unspecified atom stereocenters. The van der Waals surface area contributed by atoms with Crippen LogP contribution in [0.15, 0.2) is 12.3 Å². The van der Waals surface area contributed by atoms with Crippen LogP contribution in [0, 0.1) is 4.64 Å². The van der Waals surface area contributed by atoms with Crippen LogP contribution in [0.25, 0.3) is 0 Å². The first-order valence-corrected chi connectivity index (χ1v) is 5.51. The van der Waals surface area contributed by atoms with E-state index < -0.39 is 0 Å². The summed E-state index contributed by atoms with van der Waals surface area (Å²) >= 11 is 5.11. The molecular weight excluding hydrogens is 208 g/mol. The molecule has 1 N–H and O–H groups in total. The van der Waals surface area contributed by atoms with Crippen LogP contribution in [0.1, 0.15) is 11.9 Å². The topological polar surface area (TPSA) is 35.2 Å². The molecular formula is C10H16N4S. The highest BCUT2D eigenvalue weighted by Gasteiger charge is 2.24. The van der Waals surface area contributed by atoms with Crippen LogP contribution in [-0.2, 0) is 0 Å². The average Bonchev–Trinajstić information content (AvgIpc) is 2.22. The van der Waals surface area contributed by atoms with E-state index >= 15 is 0 Å². The fourth-order valence-corrected chi connectivity index (χ4v) is 2.03. The molecule has 1 atom stereocenters.